The second kappa shape index (κ2) is 26.7. The van der Waals surface area contributed by atoms with Gasteiger partial charge in [0.15, 0.2) is 0 Å². The molecule has 8 N–H and O–H groups in total. The van der Waals surface area contributed by atoms with Crippen LogP contribution >= 0.6 is 0 Å². The van der Waals surface area contributed by atoms with Crippen LogP contribution < -0.4 is 20.8 Å². The number of carbonyl (C=O) groups is 2. The van der Waals surface area contributed by atoms with E-state index in [1.54, 1.807) is 0 Å². The van der Waals surface area contributed by atoms with Crippen molar-refractivity contribution in [3.05, 3.63) is 0 Å². The van der Waals surface area contributed by atoms with E-state index in [9.17, 15) is 19.8 Å². The molecule has 0 saturated carbocycles. The molecule has 21 heavy (non-hydrogen) atoms. The van der Waals surface area contributed by atoms with Gasteiger partial charge in [-0.25, -0.2) is 0 Å². The van der Waals surface area contributed by atoms with Crippen molar-refractivity contribution >= 4 is 11.9 Å². The van der Waals surface area contributed by atoms with Crippen molar-refractivity contribution < 1.29 is 47.2 Å². The largest absolute Gasteiger partial charge is 2.00 e. The van der Waals surface area contributed by atoms with Crippen molar-refractivity contribution in [1.82, 2.24) is 10.6 Å². The van der Waals surface area contributed by atoms with Gasteiger partial charge in [0, 0.05) is 39.0 Å². The Morgan fingerprint density at radius 2 is 1.14 bits per heavy atom. The summed E-state index contributed by atoms with van der Waals surface area (Å²) in [6, 6.07) is 3.73. The van der Waals surface area contributed by atoms with E-state index in [2.05, 4.69) is 10.6 Å². The van der Waals surface area contributed by atoms with E-state index in [1.807, 2.05) is 12.1 Å². The fraction of sp³-hybridized carbons (Fsp3) is 0.600. The molecule has 0 aliphatic heterocycles. The third kappa shape index (κ3) is 45.9. The number of aliphatic carboxylic acids is 2. The minimum Gasteiger partial charge on any atom is -0.549 e. The van der Waals surface area contributed by atoms with Gasteiger partial charge in [-0.15, -0.1) is 0 Å². The minimum atomic E-state index is -1.15. The summed E-state index contributed by atoms with van der Waals surface area (Å²) in [4.78, 5) is 19.4. The third-order valence-corrected chi connectivity index (χ3v) is 1.37. The molecule has 11 heteroatoms. The van der Waals surface area contributed by atoms with Crippen LogP contribution in [-0.2, 0) is 37.0 Å². The first-order valence-electron chi connectivity index (χ1n) is 5.09. The van der Waals surface area contributed by atoms with Crippen LogP contribution in [-0.4, -0.2) is 38.1 Å². The molecule has 0 rings (SSSR count). The van der Waals surface area contributed by atoms with E-state index >= 15 is 0 Å². The molecule has 0 aromatic carbocycles. The van der Waals surface area contributed by atoms with Gasteiger partial charge in [0.05, 0.1) is 24.1 Å². The van der Waals surface area contributed by atoms with E-state index < -0.39 is 11.9 Å². The summed E-state index contributed by atoms with van der Waals surface area (Å²) in [5.74, 6) is -2.29. The van der Waals surface area contributed by atoms with Crippen molar-refractivity contribution in [1.29, 1.82) is 10.5 Å². The van der Waals surface area contributed by atoms with Gasteiger partial charge in [-0.1, -0.05) is 0 Å². The first kappa shape index (κ1) is 31.6. The van der Waals surface area contributed by atoms with E-state index in [0.29, 0.717) is 25.9 Å². The number of carboxylic acid groups (broad SMARTS) is 2. The van der Waals surface area contributed by atoms with Gasteiger partial charge in [-0.3, -0.25) is 0 Å². The van der Waals surface area contributed by atoms with E-state index in [1.165, 1.54) is 0 Å². The van der Waals surface area contributed by atoms with Gasteiger partial charge in [0.1, 0.15) is 0 Å². The van der Waals surface area contributed by atoms with Crippen molar-refractivity contribution in [3.8, 4) is 12.1 Å². The SMILES string of the molecule is N#CCCNCC(=O)[O-].N#CCCNCC(=O)[O-].[Ni+2].[OH3+].[OH3+]. The Morgan fingerprint density at radius 1 is 0.857 bits per heavy atom. The standard InChI is InChI=1S/2C5H8N2O2.Ni.2H2O/c2*6-2-1-3-7-4-5(8)9;;;/h2*7H,1,3-4H2,(H,8,9);;2*1H2/q;;+2;;. The van der Waals surface area contributed by atoms with Crippen molar-refractivity contribution in [2.45, 2.75) is 12.8 Å². The molecule has 0 aromatic rings. The van der Waals surface area contributed by atoms with E-state index in [4.69, 9.17) is 10.5 Å². The van der Waals surface area contributed by atoms with Crippen LogP contribution in [0.4, 0.5) is 0 Å². The van der Waals surface area contributed by atoms with Crippen molar-refractivity contribution in [2.24, 2.45) is 0 Å². The fourth-order valence-electron chi connectivity index (χ4n) is 0.669. The van der Waals surface area contributed by atoms with Crippen LogP contribution in [0.15, 0.2) is 0 Å². The molecule has 10 nitrogen and oxygen atoms in total. The average molecular weight is 351 g/mol. The maximum atomic E-state index is 9.71. The number of carboxylic acids is 2. The molecule has 124 valence electrons. The van der Waals surface area contributed by atoms with E-state index in [0.717, 1.165) is 0 Å². The molecule has 0 saturated heterocycles. The molecular weight excluding hydrogens is 331 g/mol. The van der Waals surface area contributed by atoms with Crippen LogP contribution in [0.25, 0.3) is 0 Å². The maximum absolute atomic E-state index is 9.71. The third-order valence-electron chi connectivity index (χ3n) is 1.37. The normalized spacial score (nSPS) is 7.14. The Kier molecular flexibility index (Phi) is 40.2. The quantitative estimate of drug-likeness (QED) is 0.243. The molecule has 0 amide bonds. The van der Waals surface area contributed by atoms with Gasteiger partial charge >= 0.3 is 16.5 Å². The summed E-state index contributed by atoms with van der Waals surface area (Å²) >= 11 is 0. The summed E-state index contributed by atoms with van der Waals surface area (Å²) in [5, 5.41) is 40.4. The van der Waals surface area contributed by atoms with Crippen LogP contribution in [0.2, 0.25) is 0 Å². The average Bonchev–Trinajstić information content (AvgIpc) is 2.31. The maximum Gasteiger partial charge on any atom is 2.00 e. The van der Waals surface area contributed by atoms with Crippen LogP contribution in [0, 0.1) is 22.7 Å². The predicted molar refractivity (Wildman–Crippen MR) is 66.0 cm³/mol. The fourth-order valence-corrected chi connectivity index (χ4v) is 0.669. The number of hydrogen-bond donors (Lipinski definition) is 2. The zero-order valence-corrected chi connectivity index (χ0v) is 12.2. The van der Waals surface area contributed by atoms with Crippen molar-refractivity contribution in [3.63, 3.8) is 0 Å². The molecule has 0 unspecified atom stereocenters. The summed E-state index contributed by atoms with van der Waals surface area (Å²) in [5.41, 5.74) is 0. The first-order chi connectivity index (χ1) is 8.54. The monoisotopic (exact) mass is 350 g/mol. The molecular formula is C10H20N4NiO6+2. The topological polar surface area (TPSA) is 218 Å². The number of carbonyl (C=O) groups excluding carboxylic acids is 2. The van der Waals surface area contributed by atoms with Crippen molar-refractivity contribution in [2.75, 3.05) is 26.2 Å². The summed E-state index contributed by atoms with van der Waals surface area (Å²) in [6.07, 6.45) is 0.653. The molecule has 0 atom stereocenters. The summed E-state index contributed by atoms with van der Waals surface area (Å²) in [6.45, 7) is 0.457. The zero-order valence-electron chi connectivity index (χ0n) is 11.2. The Morgan fingerprint density at radius 3 is 1.33 bits per heavy atom. The molecule has 0 fully saturated rings. The smallest absolute Gasteiger partial charge is 0.549 e. The van der Waals surface area contributed by atoms with Gasteiger partial charge in [-0.05, 0) is 0 Å². The minimum absolute atomic E-state index is 0. The van der Waals surface area contributed by atoms with E-state index in [-0.39, 0.29) is 40.5 Å². The summed E-state index contributed by atoms with van der Waals surface area (Å²) in [7, 11) is 0. The zero-order chi connectivity index (χ0) is 14.2. The van der Waals surface area contributed by atoms with Crippen LogP contribution in [0.5, 0.6) is 0 Å². The number of nitrogens with zero attached hydrogens (tertiary/aromatic N) is 2. The molecule has 0 aliphatic carbocycles. The second-order valence-electron chi connectivity index (χ2n) is 2.91. The Hall–Kier alpha value is -1.75. The summed E-state index contributed by atoms with van der Waals surface area (Å²) < 4.78 is 0. The number of hydrogen-bond acceptors (Lipinski definition) is 8. The number of nitrogens with one attached hydrogen (secondary N) is 2. The molecule has 0 radical (unpaired) electrons. The molecule has 0 aromatic heterocycles. The Bertz CT molecular complexity index is 296. The van der Waals surface area contributed by atoms with Crippen LogP contribution in [0.3, 0.4) is 0 Å². The van der Waals surface area contributed by atoms with Gasteiger partial charge in [-0.2, -0.15) is 10.5 Å². The van der Waals surface area contributed by atoms with Gasteiger partial charge in [0.2, 0.25) is 0 Å². The van der Waals surface area contributed by atoms with Crippen LogP contribution in [0.1, 0.15) is 12.8 Å². The first-order valence-corrected chi connectivity index (χ1v) is 5.09. The Balaban J connectivity index is -0.0000000711. The molecule has 0 heterocycles. The molecule has 0 bridgehead atoms. The Labute approximate surface area is 132 Å². The second-order valence-corrected chi connectivity index (χ2v) is 2.91. The molecule has 0 spiro atoms. The number of nitriles is 2. The predicted octanol–water partition coefficient (Wildman–Crippen LogP) is -5.37. The number of rotatable bonds is 8. The van der Waals surface area contributed by atoms with Gasteiger partial charge < -0.3 is 41.4 Å². The molecule has 0 aliphatic rings. The van der Waals surface area contributed by atoms with Gasteiger partial charge in [0.25, 0.3) is 0 Å².